The van der Waals surface area contributed by atoms with Crippen molar-refractivity contribution in [2.45, 2.75) is 82.6 Å². The number of aliphatic hydroxyl groups excluding tert-OH is 1. The summed E-state index contributed by atoms with van der Waals surface area (Å²) >= 11 is 0. The van der Waals surface area contributed by atoms with E-state index in [-0.39, 0.29) is 25.4 Å². The Morgan fingerprint density at radius 1 is 0.848 bits per heavy atom. The average molecular weight is 630 g/mol. The van der Waals surface area contributed by atoms with E-state index in [1.54, 1.807) is 0 Å². The molecule has 3 aromatic carbocycles. The summed E-state index contributed by atoms with van der Waals surface area (Å²) in [5.74, 6) is -0.497. The van der Waals surface area contributed by atoms with Crippen molar-refractivity contribution in [1.82, 2.24) is 15.5 Å². The van der Waals surface area contributed by atoms with Crippen molar-refractivity contribution in [2.24, 2.45) is 0 Å². The van der Waals surface area contributed by atoms with E-state index in [1.165, 1.54) is 39.2 Å². The Labute approximate surface area is 272 Å². The maximum atomic E-state index is 12.7. The van der Waals surface area contributed by atoms with Gasteiger partial charge in [0.15, 0.2) is 6.29 Å². The lowest BCUT2D eigenvalue weighted by Gasteiger charge is -2.38. The quantitative estimate of drug-likeness (QED) is 0.238. The maximum Gasteiger partial charge on any atom is 0.328 e. The Kier molecular flexibility index (Phi) is 12.6. The highest BCUT2D eigenvalue weighted by Crippen LogP contribution is 2.38. The van der Waals surface area contributed by atoms with Crippen molar-refractivity contribution >= 4 is 12.0 Å². The van der Waals surface area contributed by atoms with Crippen molar-refractivity contribution in [3.05, 3.63) is 107 Å². The van der Waals surface area contributed by atoms with E-state index in [0.29, 0.717) is 6.42 Å². The van der Waals surface area contributed by atoms with Gasteiger partial charge in [0.05, 0.1) is 25.9 Å². The summed E-state index contributed by atoms with van der Waals surface area (Å²) < 4.78 is 18.0. The van der Waals surface area contributed by atoms with Crippen molar-refractivity contribution < 1.29 is 28.9 Å². The minimum absolute atomic E-state index is 0.0114. The molecule has 4 unspecified atom stereocenters. The molecule has 2 fully saturated rings. The molecule has 2 aliphatic heterocycles. The highest BCUT2D eigenvalue weighted by Gasteiger charge is 2.33. The fraction of sp³-hybridized carbons (Fsp3) is 0.459. The molecule has 0 bridgehead atoms. The number of ether oxygens (including phenoxy) is 3. The standard InChI is InChI=1S/C37H47N3O6/c1-44-35(42)33(22-27-10-6-5-7-11-27)39-37(43)38-24-28-12-18-31(19-13-28)36-45-32(25-40-20-8-3-2-4-9-21-40)23-34(46-36)30-16-14-29(26-41)15-17-30/h5-7,10-19,32-34,36,41H,2-4,8-9,20-26H2,1H3,(H2,38,39,43). The lowest BCUT2D eigenvalue weighted by Crippen LogP contribution is -2.47. The molecule has 0 aliphatic carbocycles. The average Bonchev–Trinajstić information content (AvgIpc) is 3.08. The lowest BCUT2D eigenvalue weighted by atomic mass is 9.99. The van der Waals surface area contributed by atoms with E-state index in [9.17, 15) is 14.7 Å². The first kappa shape index (κ1) is 33.6. The first-order chi connectivity index (χ1) is 22.5. The van der Waals surface area contributed by atoms with E-state index >= 15 is 0 Å². The molecule has 46 heavy (non-hydrogen) atoms. The van der Waals surface area contributed by atoms with Gasteiger partial charge in [-0.05, 0) is 48.2 Å². The SMILES string of the molecule is COC(=O)C(Cc1ccccc1)NC(=O)NCc1ccc(C2OC(CN3CCCCCCC3)CC(c3ccc(CO)cc3)O2)cc1. The molecule has 0 aromatic heterocycles. The van der Waals surface area contributed by atoms with Crippen molar-refractivity contribution in [1.29, 1.82) is 0 Å². The van der Waals surface area contributed by atoms with Crippen molar-refractivity contribution in [2.75, 3.05) is 26.7 Å². The molecule has 5 rings (SSSR count). The highest BCUT2D eigenvalue weighted by atomic mass is 16.7. The van der Waals surface area contributed by atoms with Gasteiger partial charge in [0.2, 0.25) is 0 Å². The van der Waals surface area contributed by atoms with E-state index < -0.39 is 24.3 Å². The van der Waals surface area contributed by atoms with E-state index in [2.05, 4.69) is 15.5 Å². The zero-order valence-electron chi connectivity index (χ0n) is 26.7. The zero-order valence-corrected chi connectivity index (χ0v) is 26.7. The third kappa shape index (κ3) is 9.87. The third-order valence-electron chi connectivity index (χ3n) is 8.80. The van der Waals surface area contributed by atoms with E-state index in [1.807, 2.05) is 78.9 Å². The number of aliphatic hydroxyl groups is 1. The number of methoxy groups -OCH3 is 1. The van der Waals surface area contributed by atoms with Crippen LogP contribution >= 0.6 is 0 Å². The number of carbonyl (C=O) groups excluding carboxylic acids is 2. The number of likely N-dealkylation sites (tertiary alicyclic amines) is 1. The van der Waals surface area contributed by atoms with E-state index in [0.717, 1.165) is 53.9 Å². The fourth-order valence-corrected chi connectivity index (χ4v) is 6.19. The molecule has 2 saturated heterocycles. The number of hydrogen-bond acceptors (Lipinski definition) is 7. The first-order valence-corrected chi connectivity index (χ1v) is 16.5. The van der Waals surface area contributed by atoms with Gasteiger partial charge in [-0.2, -0.15) is 0 Å². The third-order valence-corrected chi connectivity index (χ3v) is 8.80. The number of nitrogens with one attached hydrogen (secondary N) is 2. The summed E-state index contributed by atoms with van der Waals surface area (Å²) in [7, 11) is 1.31. The van der Waals surface area contributed by atoms with Gasteiger partial charge >= 0.3 is 12.0 Å². The summed E-state index contributed by atoms with van der Waals surface area (Å²) in [6.45, 7) is 3.37. The van der Waals surface area contributed by atoms with Crippen LogP contribution in [0, 0.1) is 0 Å². The van der Waals surface area contributed by atoms with Crippen LogP contribution < -0.4 is 10.6 Å². The molecule has 2 aliphatic rings. The molecule has 246 valence electrons. The van der Waals surface area contributed by atoms with Gasteiger partial charge in [0.25, 0.3) is 0 Å². The molecule has 0 radical (unpaired) electrons. The van der Waals surface area contributed by atoms with Crippen LogP contribution in [0.15, 0.2) is 78.9 Å². The number of carbonyl (C=O) groups is 2. The Balaban J connectivity index is 1.21. The number of nitrogens with zero attached hydrogens (tertiary/aromatic N) is 1. The second kappa shape index (κ2) is 17.2. The topological polar surface area (TPSA) is 109 Å². The van der Waals surface area contributed by atoms with Gasteiger partial charge in [-0.1, -0.05) is 98.1 Å². The summed E-state index contributed by atoms with van der Waals surface area (Å²) in [5, 5.41) is 15.1. The van der Waals surface area contributed by atoms with Gasteiger partial charge in [0.1, 0.15) is 6.04 Å². The van der Waals surface area contributed by atoms with Crippen LogP contribution in [0.25, 0.3) is 0 Å². The molecular weight excluding hydrogens is 582 g/mol. The molecular formula is C37H47N3O6. The van der Waals surface area contributed by atoms with Crippen LogP contribution in [0.1, 0.15) is 78.7 Å². The van der Waals surface area contributed by atoms with Gasteiger partial charge in [-0.25, -0.2) is 9.59 Å². The molecule has 3 N–H and O–H groups in total. The number of hydrogen-bond donors (Lipinski definition) is 3. The Hall–Kier alpha value is -3.76. The Morgan fingerprint density at radius 3 is 2.17 bits per heavy atom. The van der Waals surface area contributed by atoms with Gasteiger partial charge < -0.3 is 34.9 Å². The molecule has 2 heterocycles. The lowest BCUT2D eigenvalue weighted by molar-refractivity contribution is -0.253. The minimum atomic E-state index is -0.796. The second-order valence-electron chi connectivity index (χ2n) is 12.3. The van der Waals surface area contributed by atoms with Crippen molar-refractivity contribution in [3.8, 4) is 0 Å². The first-order valence-electron chi connectivity index (χ1n) is 16.5. The van der Waals surface area contributed by atoms with Crippen LogP contribution in [0.2, 0.25) is 0 Å². The number of urea groups is 1. The van der Waals surface area contributed by atoms with Crippen LogP contribution in [-0.4, -0.2) is 60.9 Å². The molecule has 9 heteroatoms. The van der Waals surface area contributed by atoms with Crippen molar-refractivity contribution in [3.63, 3.8) is 0 Å². The van der Waals surface area contributed by atoms with Crippen LogP contribution in [0.5, 0.6) is 0 Å². The summed E-state index contributed by atoms with van der Waals surface area (Å²) in [6, 6.07) is 24.1. The largest absolute Gasteiger partial charge is 0.467 e. The molecule has 2 amide bonds. The summed E-state index contributed by atoms with van der Waals surface area (Å²) in [4.78, 5) is 27.6. The smallest absolute Gasteiger partial charge is 0.328 e. The van der Waals surface area contributed by atoms with Crippen LogP contribution in [-0.2, 0) is 38.6 Å². The number of rotatable bonds is 11. The summed E-state index contributed by atoms with van der Waals surface area (Å²) in [6.07, 6.45) is 6.81. The van der Waals surface area contributed by atoms with Gasteiger partial charge in [-0.15, -0.1) is 0 Å². The summed E-state index contributed by atoms with van der Waals surface area (Å²) in [5.41, 5.74) is 4.69. The second-order valence-corrected chi connectivity index (χ2v) is 12.3. The maximum absolute atomic E-state index is 12.7. The Bertz CT molecular complexity index is 1360. The van der Waals surface area contributed by atoms with Gasteiger partial charge in [-0.3, -0.25) is 0 Å². The zero-order chi connectivity index (χ0) is 32.1. The number of esters is 1. The van der Waals surface area contributed by atoms with E-state index in [4.69, 9.17) is 14.2 Å². The monoisotopic (exact) mass is 629 g/mol. The van der Waals surface area contributed by atoms with Crippen LogP contribution in [0.4, 0.5) is 4.79 Å². The fourth-order valence-electron chi connectivity index (χ4n) is 6.19. The minimum Gasteiger partial charge on any atom is -0.467 e. The number of benzene rings is 3. The molecule has 0 spiro atoms. The van der Waals surface area contributed by atoms with Crippen LogP contribution in [0.3, 0.4) is 0 Å². The molecule has 3 aromatic rings. The predicted molar refractivity (Wildman–Crippen MR) is 176 cm³/mol. The molecule has 4 atom stereocenters. The molecule has 9 nitrogen and oxygen atoms in total. The normalized spacial score (nSPS) is 21.4. The number of amides is 2. The predicted octanol–water partition coefficient (Wildman–Crippen LogP) is 5.57. The van der Waals surface area contributed by atoms with Gasteiger partial charge in [0, 0.05) is 31.5 Å². The Morgan fingerprint density at radius 2 is 1.50 bits per heavy atom. The highest BCUT2D eigenvalue weighted by molar-refractivity contribution is 5.83. The molecule has 0 saturated carbocycles.